The van der Waals surface area contributed by atoms with E-state index in [1.54, 1.807) is 26.4 Å². The molecule has 104 valence electrons. The number of nitrogens with zero attached hydrogens (tertiary/aromatic N) is 1. The number of benzene rings is 1. The smallest absolute Gasteiger partial charge is 0.337 e. The van der Waals surface area contributed by atoms with Crippen LogP contribution in [0.4, 0.5) is 11.4 Å². The fourth-order valence-electron chi connectivity index (χ4n) is 2.35. The normalized spacial score (nSPS) is 22.7. The van der Waals surface area contributed by atoms with Gasteiger partial charge < -0.3 is 25.2 Å². The summed E-state index contributed by atoms with van der Waals surface area (Å²) in [6.45, 7) is 1.39. The molecule has 0 bridgehead atoms. The third kappa shape index (κ3) is 2.64. The molecule has 6 nitrogen and oxygen atoms in total. The molecule has 2 unspecified atom stereocenters. The van der Waals surface area contributed by atoms with Crippen molar-refractivity contribution in [3.63, 3.8) is 0 Å². The summed E-state index contributed by atoms with van der Waals surface area (Å²) in [5.74, 6) is -1.02. The Hall–Kier alpha value is -1.79. The lowest BCUT2D eigenvalue weighted by Crippen LogP contribution is -2.27. The van der Waals surface area contributed by atoms with Crippen LogP contribution < -0.4 is 10.6 Å². The average molecular weight is 266 g/mol. The van der Waals surface area contributed by atoms with E-state index in [9.17, 15) is 4.79 Å². The number of hydrogen-bond donors (Lipinski definition) is 2. The Balaban J connectivity index is 2.20. The van der Waals surface area contributed by atoms with Crippen molar-refractivity contribution in [2.75, 3.05) is 37.9 Å². The molecule has 1 aliphatic rings. The Morgan fingerprint density at radius 1 is 1.32 bits per heavy atom. The number of methoxy groups -OCH3 is 2. The van der Waals surface area contributed by atoms with Crippen molar-refractivity contribution in [2.24, 2.45) is 0 Å². The number of hydrogen-bond acceptors (Lipinski definition) is 5. The van der Waals surface area contributed by atoms with Crippen molar-refractivity contribution in [3.8, 4) is 0 Å². The maximum Gasteiger partial charge on any atom is 0.337 e. The minimum atomic E-state index is -1.02. The molecule has 1 heterocycles. The van der Waals surface area contributed by atoms with E-state index in [1.165, 1.54) is 6.07 Å². The van der Waals surface area contributed by atoms with E-state index in [0.717, 1.165) is 5.69 Å². The van der Waals surface area contributed by atoms with Crippen LogP contribution in [0.3, 0.4) is 0 Å². The fourth-order valence-corrected chi connectivity index (χ4v) is 2.35. The first kappa shape index (κ1) is 13.6. The average Bonchev–Trinajstić information content (AvgIpc) is 2.81. The Kier molecular flexibility index (Phi) is 3.92. The molecule has 0 saturated carbocycles. The highest BCUT2D eigenvalue weighted by Crippen LogP contribution is 2.26. The quantitative estimate of drug-likeness (QED) is 0.785. The molecule has 1 saturated heterocycles. The molecule has 1 aliphatic heterocycles. The lowest BCUT2D eigenvalue weighted by atomic mass is 10.1. The van der Waals surface area contributed by atoms with Gasteiger partial charge in [-0.2, -0.15) is 0 Å². The second-order valence-electron chi connectivity index (χ2n) is 4.53. The van der Waals surface area contributed by atoms with Gasteiger partial charge >= 0.3 is 5.97 Å². The van der Waals surface area contributed by atoms with Gasteiger partial charge in [0.2, 0.25) is 0 Å². The van der Waals surface area contributed by atoms with Gasteiger partial charge in [0, 0.05) is 38.7 Å². The van der Waals surface area contributed by atoms with Crippen LogP contribution in [0, 0.1) is 0 Å². The first-order chi connectivity index (χ1) is 9.06. The SMILES string of the molecule is COC1CN(c2ccc(C(=O)O)c(N)c2)CC1OC. The van der Waals surface area contributed by atoms with Crippen molar-refractivity contribution in [1.29, 1.82) is 0 Å². The van der Waals surface area contributed by atoms with E-state index in [4.69, 9.17) is 20.3 Å². The second-order valence-corrected chi connectivity index (χ2v) is 4.53. The maximum atomic E-state index is 10.9. The van der Waals surface area contributed by atoms with Crippen molar-refractivity contribution in [3.05, 3.63) is 23.8 Å². The van der Waals surface area contributed by atoms with Gasteiger partial charge in [0.15, 0.2) is 0 Å². The second kappa shape index (κ2) is 5.46. The Labute approximate surface area is 111 Å². The largest absolute Gasteiger partial charge is 0.478 e. The molecule has 0 radical (unpaired) electrons. The molecule has 0 aromatic heterocycles. The Morgan fingerprint density at radius 3 is 2.32 bits per heavy atom. The maximum absolute atomic E-state index is 10.9. The summed E-state index contributed by atoms with van der Waals surface area (Å²) < 4.78 is 10.7. The van der Waals surface area contributed by atoms with Gasteiger partial charge in [-0.25, -0.2) is 4.79 Å². The molecule has 0 spiro atoms. The van der Waals surface area contributed by atoms with Crippen molar-refractivity contribution in [1.82, 2.24) is 0 Å². The molecule has 0 aliphatic carbocycles. The number of ether oxygens (including phenoxy) is 2. The van der Waals surface area contributed by atoms with E-state index in [-0.39, 0.29) is 23.5 Å². The third-order valence-corrected chi connectivity index (χ3v) is 3.45. The first-order valence-electron chi connectivity index (χ1n) is 6.00. The molecule has 1 aromatic carbocycles. The number of rotatable bonds is 4. The molecule has 1 fully saturated rings. The van der Waals surface area contributed by atoms with Gasteiger partial charge in [0.05, 0.1) is 5.56 Å². The van der Waals surface area contributed by atoms with Gasteiger partial charge in [-0.15, -0.1) is 0 Å². The topological polar surface area (TPSA) is 85.0 Å². The van der Waals surface area contributed by atoms with Crippen LogP contribution in [0.2, 0.25) is 0 Å². The van der Waals surface area contributed by atoms with Crippen LogP contribution in [0.5, 0.6) is 0 Å². The minimum absolute atomic E-state index is 0.00498. The Morgan fingerprint density at radius 2 is 1.89 bits per heavy atom. The highest BCUT2D eigenvalue weighted by Gasteiger charge is 2.33. The van der Waals surface area contributed by atoms with Gasteiger partial charge in [0.1, 0.15) is 12.2 Å². The van der Waals surface area contributed by atoms with E-state index >= 15 is 0 Å². The number of anilines is 2. The summed E-state index contributed by atoms with van der Waals surface area (Å²) in [7, 11) is 3.31. The summed E-state index contributed by atoms with van der Waals surface area (Å²) in [6.07, 6.45) is 0.00995. The van der Waals surface area contributed by atoms with Gasteiger partial charge in [0.25, 0.3) is 0 Å². The molecular formula is C13H18N2O4. The van der Waals surface area contributed by atoms with Crippen LogP contribution >= 0.6 is 0 Å². The molecule has 0 amide bonds. The Bertz CT molecular complexity index is 466. The molecular weight excluding hydrogens is 248 g/mol. The monoisotopic (exact) mass is 266 g/mol. The zero-order valence-corrected chi connectivity index (χ0v) is 11.0. The van der Waals surface area contributed by atoms with E-state index in [1.807, 2.05) is 0 Å². The zero-order chi connectivity index (χ0) is 14.0. The fraction of sp³-hybridized carbons (Fsp3) is 0.462. The number of nitrogen functional groups attached to an aromatic ring is 1. The van der Waals surface area contributed by atoms with E-state index < -0.39 is 5.97 Å². The van der Waals surface area contributed by atoms with Crippen LogP contribution in [0.1, 0.15) is 10.4 Å². The highest BCUT2D eigenvalue weighted by atomic mass is 16.5. The molecule has 19 heavy (non-hydrogen) atoms. The number of carbonyl (C=O) groups is 1. The predicted octanol–water partition coefficient (Wildman–Crippen LogP) is 0.817. The highest BCUT2D eigenvalue weighted by molar-refractivity contribution is 5.94. The van der Waals surface area contributed by atoms with Crippen LogP contribution in [-0.4, -0.2) is 50.6 Å². The summed E-state index contributed by atoms with van der Waals surface area (Å²) in [4.78, 5) is 13.0. The standard InChI is InChI=1S/C13H18N2O4/c1-18-11-6-15(7-12(11)19-2)8-3-4-9(13(16)17)10(14)5-8/h3-5,11-12H,6-7,14H2,1-2H3,(H,16,17). The lowest BCUT2D eigenvalue weighted by molar-refractivity contribution is -0.00461. The molecule has 1 aromatic rings. The van der Waals surface area contributed by atoms with Crippen molar-refractivity contribution >= 4 is 17.3 Å². The third-order valence-electron chi connectivity index (χ3n) is 3.45. The summed E-state index contributed by atoms with van der Waals surface area (Å²) >= 11 is 0. The van der Waals surface area contributed by atoms with Crippen LogP contribution in [0.15, 0.2) is 18.2 Å². The first-order valence-corrected chi connectivity index (χ1v) is 6.00. The molecule has 2 rings (SSSR count). The van der Waals surface area contributed by atoms with Gasteiger partial charge in [-0.05, 0) is 18.2 Å². The van der Waals surface area contributed by atoms with E-state index in [2.05, 4.69) is 4.90 Å². The van der Waals surface area contributed by atoms with Crippen LogP contribution in [-0.2, 0) is 9.47 Å². The number of carboxylic acids is 1. The van der Waals surface area contributed by atoms with Crippen molar-refractivity contribution in [2.45, 2.75) is 12.2 Å². The van der Waals surface area contributed by atoms with Gasteiger partial charge in [-0.3, -0.25) is 0 Å². The zero-order valence-electron chi connectivity index (χ0n) is 11.0. The number of nitrogens with two attached hydrogens (primary N) is 1. The number of carboxylic acid groups (broad SMARTS) is 1. The molecule has 3 N–H and O–H groups in total. The summed E-state index contributed by atoms with van der Waals surface area (Å²) in [5.41, 5.74) is 7.02. The number of aromatic carboxylic acids is 1. The van der Waals surface area contributed by atoms with Crippen LogP contribution in [0.25, 0.3) is 0 Å². The van der Waals surface area contributed by atoms with Crippen molar-refractivity contribution < 1.29 is 19.4 Å². The van der Waals surface area contributed by atoms with E-state index in [0.29, 0.717) is 13.1 Å². The molecule has 6 heteroatoms. The minimum Gasteiger partial charge on any atom is -0.478 e. The predicted molar refractivity (Wildman–Crippen MR) is 71.6 cm³/mol. The summed E-state index contributed by atoms with van der Waals surface area (Å²) in [6, 6.07) is 4.95. The lowest BCUT2D eigenvalue weighted by Gasteiger charge is -2.19. The molecule has 2 atom stereocenters. The van der Waals surface area contributed by atoms with Gasteiger partial charge in [-0.1, -0.05) is 0 Å². The summed E-state index contributed by atoms with van der Waals surface area (Å²) in [5, 5.41) is 8.95.